The number of quaternary nitrogens is 1. The van der Waals surface area contributed by atoms with Crippen LogP contribution in [0, 0.1) is 10.1 Å². The van der Waals surface area contributed by atoms with E-state index in [1.54, 1.807) is 13.1 Å². The maximum atomic E-state index is 11.7. The normalized spacial score (nSPS) is 26.8. The number of amides is 1. The minimum Gasteiger partial charge on any atom is -0.448 e. The van der Waals surface area contributed by atoms with Crippen LogP contribution in [-0.2, 0) is 11.3 Å². The van der Waals surface area contributed by atoms with Crippen LogP contribution in [0.4, 0.5) is 4.79 Å². The third kappa shape index (κ3) is 2.99. The molecule has 9 nitrogen and oxygen atoms in total. The molecule has 0 aliphatic carbocycles. The van der Waals surface area contributed by atoms with Crippen molar-refractivity contribution in [2.24, 2.45) is 4.99 Å². The van der Waals surface area contributed by atoms with Gasteiger partial charge in [-0.05, 0) is 6.92 Å². The Balaban J connectivity index is 1.98. The highest BCUT2D eigenvalue weighted by Crippen LogP contribution is 2.45. The lowest BCUT2D eigenvalue weighted by atomic mass is 10.4. The van der Waals surface area contributed by atoms with Crippen LogP contribution in [0.5, 0.6) is 0 Å². The fourth-order valence-electron chi connectivity index (χ4n) is 2.61. The third-order valence-corrected chi connectivity index (χ3v) is 5.88. The highest BCUT2D eigenvalue weighted by molar-refractivity contribution is 7.94. The van der Waals surface area contributed by atoms with Gasteiger partial charge in [0.15, 0.2) is 4.47 Å². The van der Waals surface area contributed by atoms with Crippen molar-refractivity contribution in [1.29, 1.82) is 0 Å². The molecule has 1 fully saturated rings. The molecular weight excluding hydrogens is 378 g/mol. The van der Waals surface area contributed by atoms with E-state index in [9.17, 15) is 14.9 Å². The van der Waals surface area contributed by atoms with E-state index >= 15 is 0 Å². The first-order valence-corrected chi connectivity index (χ1v) is 9.09. The van der Waals surface area contributed by atoms with Gasteiger partial charge in [0, 0.05) is 12.3 Å². The van der Waals surface area contributed by atoms with E-state index in [4.69, 9.17) is 16.3 Å². The molecule has 2 aliphatic heterocycles. The van der Waals surface area contributed by atoms with E-state index in [0.29, 0.717) is 22.6 Å². The Bertz CT molecular complexity index is 752. The molecule has 0 aromatic carbocycles. The van der Waals surface area contributed by atoms with Crippen molar-refractivity contribution in [3.63, 3.8) is 0 Å². The maximum Gasteiger partial charge on any atom is 0.435 e. The molecular formula is C12H13ClN5O4S2+. The lowest BCUT2D eigenvalue weighted by Crippen LogP contribution is -2.49. The quantitative estimate of drug-likeness (QED) is 0.364. The average Bonchev–Trinajstić information content (AvgIpc) is 3.13. The summed E-state index contributed by atoms with van der Waals surface area (Å²) < 4.78 is 5.10. The van der Waals surface area contributed by atoms with Crippen molar-refractivity contribution < 1.29 is 18.3 Å². The van der Waals surface area contributed by atoms with Gasteiger partial charge >= 0.3 is 12.3 Å². The lowest BCUT2D eigenvalue weighted by molar-refractivity contribution is -0.881. The van der Waals surface area contributed by atoms with Gasteiger partial charge in [-0.1, -0.05) is 11.6 Å². The first-order valence-electron chi connectivity index (χ1n) is 6.95. The number of aliphatic imine (C=N–C) groups is 1. The number of rotatable bonds is 4. The van der Waals surface area contributed by atoms with E-state index < -0.39 is 17.2 Å². The summed E-state index contributed by atoms with van der Waals surface area (Å²) in [6.07, 6.45) is 1.39. The van der Waals surface area contributed by atoms with Gasteiger partial charge in [0.2, 0.25) is 5.82 Å². The molecule has 128 valence electrons. The first kappa shape index (κ1) is 17.1. The number of hydrogen-bond acceptors (Lipinski definition) is 7. The van der Waals surface area contributed by atoms with Gasteiger partial charge in [0.1, 0.15) is 6.54 Å². The molecule has 1 saturated heterocycles. The van der Waals surface area contributed by atoms with Crippen LogP contribution < -0.4 is 5.32 Å². The summed E-state index contributed by atoms with van der Waals surface area (Å²) in [5.41, 5.74) is 0. The maximum absolute atomic E-state index is 11.7. The Morgan fingerprint density at radius 1 is 1.71 bits per heavy atom. The molecule has 24 heavy (non-hydrogen) atoms. The summed E-state index contributed by atoms with van der Waals surface area (Å²) in [5.74, 6) is 1.23. The number of thiazole rings is 1. The number of amidine groups is 1. The molecule has 3 heterocycles. The molecule has 2 unspecified atom stereocenters. The summed E-state index contributed by atoms with van der Waals surface area (Å²) in [6, 6.07) is 0. The van der Waals surface area contributed by atoms with Gasteiger partial charge < -0.3 is 4.74 Å². The van der Waals surface area contributed by atoms with Gasteiger partial charge in [-0.3, -0.25) is 15.4 Å². The van der Waals surface area contributed by atoms with Gasteiger partial charge in [-0.15, -0.1) is 20.2 Å². The van der Waals surface area contributed by atoms with Gasteiger partial charge in [-0.25, -0.2) is 9.78 Å². The summed E-state index contributed by atoms with van der Waals surface area (Å²) in [6.45, 7) is 2.11. The van der Waals surface area contributed by atoms with Crippen molar-refractivity contribution >= 4 is 46.8 Å². The smallest absolute Gasteiger partial charge is 0.435 e. The van der Waals surface area contributed by atoms with Gasteiger partial charge in [-0.2, -0.15) is 0 Å². The van der Waals surface area contributed by atoms with Crippen LogP contribution in [0.2, 0.25) is 4.47 Å². The predicted octanol–water partition coefficient (Wildman–Crippen LogP) is 2.38. The zero-order valence-corrected chi connectivity index (χ0v) is 14.9. The molecule has 0 spiro atoms. The molecule has 2 atom stereocenters. The minimum absolute atomic E-state index is 0.0208. The average molecular weight is 391 g/mol. The highest BCUT2D eigenvalue weighted by Gasteiger charge is 2.62. The Morgan fingerprint density at radius 3 is 3.12 bits per heavy atom. The van der Waals surface area contributed by atoms with E-state index in [-0.39, 0.29) is 16.3 Å². The van der Waals surface area contributed by atoms with Crippen LogP contribution in [0.25, 0.3) is 0 Å². The Labute approximate surface area is 150 Å². The largest absolute Gasteiger partial charge is 0.448 e. The van der Waals surface area contributed by atoms with Crippen molar-refractivity contribution in [2.45, 2.75) is 19.6 Å². The van der Waals surface area contributed by atoms with Crippen LogP contribution in [0.15, 0.2) is 23.1 Å². The summed E-state index contributed by atoms with van der Waals surface area (Å²) in [5, 5.41) is 14.6. The zero-order chi connectivity index (χ0) is 17.3. The molecule has 3 rings (SSSR count). The summed E-state index contributed by atoms with van der Waals surface area (Å²) in [4.78, 5) is 31.4. The molecule has 1 aromatic rings. The van der Waals surface area contributed by atoms with E-state index in [1.807, 2.05) is 6.08 Å². The van der Waals surface area contributed by atoms with Crippen molar-refractivity contribution in [3.8, 4) is 0 Å². The molecule has 1 amide bonds. The van der Waals surface area contributed by atoms with E-state index in [2.05, 4.69) is 15.3 Å². The lowest BCUT2D eigenvalue weighted by Gasteiger charge is -2.26. The molecule has 0 bridgehead atoms. The highest BCUT2D eigenvalue weighted by atomic mass is 35.5. The second kappa shape index (κ2) is 6.67. The van der Waals surface area contributed by atoms with E-state index in [0.717, 1.165) is 4.88 Å². The van der Waals surface area contributed by atoms with Gasteiger partial charge in [0.05, 0.1) is 34.1 Å². The number of fused-ring (bicyclic) bond motifs is 1. The Morgan fingerprint density at radius 2 is 2.50 bits per heavy atom. The fourth-order valence-corrected chi connectivity index (χ4v) is 5.04. The molecule has 1 aromatic heterocycles. The van der Waals surface area contributed by atoms with E-state index in [1.165, 1.54) is 23.3 Å². The standard InChI is InChI=1S/C12H12ClN5O4S2/c1-2-22-12(19)16-9-10(17(20)21)18(8(15-9)3-4-23-18)6-7-5-14-11(13)24-7/h3,5,10H,2,4,6H2,1H3/p+1. The molecule has 0 radical (unpaired) electrons. The molecule has 1 N–H and O–H groups in total. The number of nitrogens with one attached hydrogen (secondary N) is 1. The van der Waals surface area contributed by atoms with Crippen LogP contribution >= 0.6 is 34.9 Å². The third-order valence-electron chi connectivity index (χ3n) is 3.48. The topological polar surface area (TPSA) is 107 Å². The summed E-state index contributed by atoms with van der Waals surface area (Å²) in [7, 11) is 0. The first-order chi connectivity index (χ1) is 11.5. The second-order valence-corrected chi connectivity index (χ2v) is 7.84. The van der Waals surface area contributed by atoms with Crippen LogP contribution in [0.1, 0.15) is 11.8 Å². The Kier molecular flexibility index (Phi) is 4.76. The number of ether oxygens (including phenoxy) is 1. The number of carbonyl (C=O) groups is 1. The second-order valence-electron chi connectivity index (χ2n) is 4.90. The number of carbonyl (C=O) groups excluding carboxylic acids is 1. The summed E-state index contributed by atoms with van der Waals surface area (Å²) >= 11 is 8.52. The minimum atomic E-state index is -1.23. The molecule has 12 heteroatoms. The number of nitrogens with zero attached hydrogens (tertiary/aromatic N) is 4. The number of aromatic nitrogens is 1. The SMILES string of the molecule is CCOC(=O)N=C1NC2=CCS[N+]2(Cc2cnc(Cl)s2)C1[N+](=O)[O-]. The molecule has 2 aliphatic rings. The number of nitro groups is 1. The van der Waals surface area contributed by atoms with Crippen molar-refractivity contribution in [2.75, 3.05) is 12.4 Å². The Hall–Kier alpha value is -1.69. The predicted molar refractivity (Wildman–Crippen MR) is 90.0 cm³/mol. The van der Waals surface area contributed by atoms with Crippen LogP contribution in [-0.4, -0.2) is 44.2 Å². The van der Waals surface area contributed by atoms with Crippen molar-refractivity contribution in [1.82, 2.24) is 10.3 Å². The fraction of sp³-hybridized carbons (Fsp3) is 0.417. The van der Waals surface area contributed by atoms with Crippen molar-refractivity contribution in [3.05, 3.63) is 37.6 Å². The number of hydrogen-bond donors (Lipinski definition) is 1. The zero-order valence-electron chi connectivity index (χ0n) is 12.5. The van der Waals surface area contributed by atoms with Crippen LogP contribution in [0.3, 0.4) is 0 Å². The molecule has 0 saturated carbocycles. The monoisotopic (exact) mass is 390 g/mol. The number of halogens is 1. The van der Waals surface area contributed by atoms with Gasteiger partial charge in [0.25, 0.3) is 5.84 Å².